The molecule has 0 bridgehead atoms. The number of aryl methyl sites for hydroxylation is 1. The van der Waals surface area contributed by atoms with Crippen molar-refractivity contribution in [1.29, 1.82) is 5.26 Å². The normalized spacial score (nSPS) is 9.88. The van der Waals surface area contributed by atoms with E-state index in [0.717, 1.165) is 0 Å². The van der Waals surface area contributed by atoms with Crippen LogP contribution in [0.5, 0.6) is 0 Å². The Morgan fingerprint density at radius 2 is 2.24 bits per heavy atom. The summed E-state index contributed by atoms with van der Waals surface area (Å²) in [6, 6.07) is 5.13. The van der Waals surface area contributed by atoms with Gasteiger partial charge in [-0.3, -0.25) is 9.67 Å². The van der Waals surface area contributed by atoms with Crippen LogP contribution in [0.2, 0.25) is 0 Å². The smallest absolute Gasteiger partial charge is 0.354 e. The SMILES string of the molecule is Cn1ncc(-c2ccc(C#N)cn2)c1C(=O)O. The van der Waals surface area contributed by atoms with Crippen LogP contribution in [0.1, 0.15) is 16.1 Å². The predicted molar refractivity (Wildman–Crippen MR) is 58.1 cm³/mol. The molecule has 0 radical (unpaired) electrons. The molecule has 0 spiro atoms. The first-order valence-corrected chi connectivity index (χ1v) is 4.75. The van der Waals surface area contributed by atoms with Gasteiger partial charge in [0, 0.05) is 13.2 Å². The highest BCUT2D eigenvalue weighted by molar-refractivity contribution is 5.93. The Morgan fingerprint density at radius 3 is 2.76 bits per heavy atom. The summed E-state index contributed by atoms with van der Waals surface area (Å²) >= 11 is 0. The van der Waals surface area contributed by atoms with Crippen LogP contribution in [0.15, 0.2) is 24.5 Å². The number of aromatic carboxylic acids is 1. The lowest BCUT2D eigenvalue weighted by Crippen LogP contribution is -2.07. The van der Waals surface area contributed by atoms with Crippen molar-refractivity contribution >= 4 is 5.97 Å². The summed E-state index contributed by atoms with van der Waals surface area (Å²) in [5.74, 6) is -1.06. The van der Waals surface area contributed by atoms with Gasteiger partial charge in [0.25, 0.3) is 0 Å². The van der Waals surface area contributed by atoms with Gasteiger partial charge in [0.1, 0.15) is 6.07 Å². The van der Waals surface area contributed by atoms with E-state index in [4.69, 9.17) is 10.4 Å². The number of carbonyl (C=O) groups is 1. The summed E-state index contributed by atoms with van der Waals surface area (Å²) in [6.07, 6.45) is 2.84. The molecule has 2 aromatic heterocycles. The van der Waals surface area contributed by atoms with Gasteiger partial charge in [-0.15, -0.1) is 0 Å². The van der Waals surface area contributed by atoms with Gasteiger partial charge in [-0.05, 0) is 12.1 Å². The first kappa shape index (κ1) is 10.8. The molecule has 0 saturated heterocycles. The molecule has 2 heterocycles. The maximum Gasteiger partial charge on any atom is 0.354 e. The van der Waals surface area contributed by atoms with E-state index in [1.54, 1.807) is 19.2 Å². The van der Waals surface area contributed by atoms with Gasteiger partial charge < -0.3 is 5.11 Å². The predicted octanol–water partition coefficient (Wildman–Crippen LogP) is 1.05. The van der Waals surface area contributed by atoms with Crippen LogP contribution in [-0.4, -0.2) is 25.8 Å². The minimum atomic E-state index is -1.06. The fourth-order valence-electron chi connectivity index (χ4n) is 1.50. The van der Waals surface area contributed by atoms with Gasteiger partial charge in [-0.25, -0.2) is 4.79 Å². The van der Waals surface area contributed by atoms with E-state index >= 15 is 0 Å². The average Bonchev–Trinajstić information content (AvgIpc) is 2.71. The molecule has 0 atom stereocenters. The minimum absolute atomic E-state index is 0.0715. The van der Waals surface area contributed by atoms with Crippen LogP contribution in [0.4, 0.5) is 0 Å². The van der Waals surface area contributed by atoms with Crippen molar-refractivity contribution in [2.45, 2.75) is 0 Å². The molecular formula is C11H8N4O2. The maximum absolute atomic E-state index is 11.1. The molecule has 6 nitrogen and oxygen atoms in total. The highest BCUT2D eigenvalue weighted by atomic mass is 16.4. The fraction of sp³-hybridized carbons (Fsp3) is 0.0909. The Morgan fingerprint density at radius 1 is 1.47 bits per heavy atom. The second-order valence-corrected chi connectivity index (χ2v) is 3.38. The van der Waals surface area contributed by atoms with Crippen molar-refractivity contribution in [3.63, 3.8) is 0 Å². The fourth-order valence-corrected chi connectivity index (χ4v) is 1.50. The van der Waals surface area contributed by atoms with Crippen LogP contribution >= 0.6 is 0 Å². The summed E-state index contributed by atoms with van der Waals surface area (Å²) in [5.41, 5.74) is 1.41. The van der Waals surface area contributed by atoms with Crippen molar-refractivity contribution in [2.75, 3.05) is 0 Å². The van der Waals surface area contributed by atoms with E-state index in [9.17, 15) is 4.79 Å². The van der Waals surface area contributed by atoms with Crippen LogP contribution in [0.3, 0.4) is 0 Å². The molecule has 0 aliphatic rings. The van der Waals surface area contributed by atoms with Gasteiger partial charge >= 0.3 is 5.97 Å². The molecule has 0 amide bonds. The van der Waals surface area contributed by atoms with Gasteiger partial charge in [-0.1, -0.05) is 0 Å². The summed E-state index contributed by atoms with van der Waals surface area (Å²) in [4.78, 5) is 15.1. The van der Waals surface area contributed by atoms with Gasteiger partial charge in [0.2, 0.25) is 0 Å². The van der Waals surface area contributed by atoms with Crippen LogP contribution in [0, 0.1) is 11.3 Å². The number of aromatic nitrogens is 3. The number of hydrogen-bond acceptors (Lipinski definition) is 4. The van der Waals surface area contributed by atoms with Crippen LogP contribution in [-0.2, 0) is 7.05 Å². The number of carboxylic acid groups (broad SMARTS) is 1. The number of pyridine rings is 1. The minimum Gasteiger partial charge on any atom is -0.477 e. The summed E-state index contributed by atoms with van der Waals surface area (Å²) in [6.45, 7) is 0. The van der Waals surface area contributed by atoms with E-state index < -0.39 is 5.97 Å². The molecule has 2 aromatic rings. The Balaban J connectivity index is 2.53. The summed E-state index contributed by atoms with van der Waals surface area (Å²) < 4.78 is 1.28. The first-order chi connectivity index (χ1) is 8.13. The third-order valence-electron chi connectivity index (χ3n) is 2.31. The zero-order chi connectivity index (χ0) is 12.4. The quantitative estimate of drug-likeness (QED) is 0.829. The molecule has 0 aromatic carbocycles. The lowest BCUT2D eigenvalue weighted by atomic mass is 10.1. The second-order valence-electron chi connectivity index (χ2n) is 3.38. The lowest BCUT2D eigenvalue weighted by Gasteiger charge is -2.00. The number of nitrogens with zero attached hydrogens (tertiary/aromatic N) is 4. The Bertz CT molecular complexity index is 607. The Hall–Kier alpha value is -2.68. The lowest BCUT2D eigenvalue weighted by molar-refractivity contribution is 0.0686. The van der Waals surface area contributed by atoms with E-state index in [2.05, 4.69) is 10.1 Å². The topological polar surface area (TPSA) is 91.8 Å². The molecule has 0 aliphatic heterocycles. The maximum atomic E-state index is 11.1. The van der Waals surface area contributed by atoms with E-state index in [1.165, 1.54) is 17.1 Å². The largest absolute Gasteiger partial charge is 0.477 e. The molecule has 0 saturated carbocycles. The first-order valence-electron chi connectivity index (χ1n) is 4.75. The third kappa shape index (κ3) is 1.86. The van der Waals surface area contributed by atoms with Crippen molar-refractivity contribution in [2.24, 2.45) is 7.05 Å². The van der Waals surface area contributed by atoms with Gasteiger partial charge in [0.15, 0.2) is 5.69 Å². The summed E-state index contributed by atoms with van der Waals surface area (Å²) in [5, 5.41) is 21.6. The van der Waals surface area contributed by atoms with Crippen molar-refractivity contribution in [1.82, 2.24) is 14.8 Å². The number of hydrogen-bond donors (Lipinski definition) is 1. The van der Waals surface area contributed by atoms with Gasteiger partial charge in [-0.2, -0.15) is 10.4 Å². The molecule has 2 rings (SSSR count). The number of carboxylic acids is 1. The molecule has 17 heavy (non-hydrogen) atoms. The molecule has 1 N–H and O–H groups in total. The van der Waals surface area contributed by atoms with Crippen LogP contribution in [0.25, 0.3) is 11.3 Å². The van der Waals surface area contributed by atoms with Crippen LogP contribution < -0.4 is 0 Å². The Labute approximate surface area is 96.8 Å². The molecular weight excluding hydrogens is 220 g/mol. The van der Waals surface area contributed by atoms with Crippen molar-refractivity contribution < 1.29 is 9.90 Å². The molecule has 0 aliphatic carbocycles. The van der Waals surface area contributed by atoms with Gasteiger partial charge in [0.05, 0.1) is 23.0 Å². The molecule has 6 heteroatoms. The van der Waals surface area contributed by atoms with Crippen molar-refractivity contribution in [3.05, 3.63) is 35.8 Å². The van der Waals surface area contributed by atoms with E-state index in [0.29, 0.717) is 16.8 Å². The second kappa shape index (κ2) is 4.06. The summed E-state index contributed by atoms with van der Waals surface area (Å²) in [7, 11) is 1.55. The monoisotopic (exact) mass is 228 g/mol. The van der Waals surface area contributed by atoms with E-state index in [1.807, 2.05) is 6.07 Å². The Kier molecular flexibility index (Phi) is 2.58. The molecule has 0 fully saturated rings. The molecule has 84 valence electrons. The zero-order valence-corrected chi connectivity index (χ0v) is 8.95. The van der Waals surface area contributed by atoms with Crippen molar-refractivity contribution in [3.8, 4) is 17.3 Å². The highest BCUT2D eigenvalue weighted by Gasteiger charge is 2.17. The average molecular weight is 228 g/mol. The molecule has 0 unspecified atom stereocenters. The zero-order valence-electron chi connectivity index (χ0n) is 8.95. The number of rotatable bonds is 2. The highest BCUT2D eigenvalue weighted by Crippen LogP contribution is 2.21. The third-order valence-corrected chi connectivity index (χ3v) is 2.31. The number of nitriles is 1. The standard InChI is InChI=1S/C11H8N4O2/c1-15-10(11(16)17)8(6-14-15)9-3-2-7(4-12)5-13-9/h2-3,5-6H,1H3,(H,16,17). The van der Waals surface area contributed by atoms with E-state index in [-0.39, 0.29) is 5.69 Å².